The first-order chi connectivity index (χ1) is 11.6. The Labute approximate surface area is 137 Å². The lowest BCUT2D eigenvalue weighted by molar-refractivity contribution is 0.0788. The predicted molar refractivity (Wildman–Crippen MR) is 86.0 cm³/mol. The molecule has 0 aliphatic carbocycles. The molecule has 2 heterocycles. The summed E-state index contributed by atoms with van der Waals surface area (Å²) < 4.78 is 13.2. The summed E-state index contributed by atoms with van der Waals surface area (Å²) in [4.78, 5) is 14.1. The number of phenols is 1. The van der Waals surface area contributed by atoms with Crippen molar-refractivity contribution in [3.05, 3.63) is 71.2 Å². The van der Waals surface area contributed by atoms with E-state index in [9.17, 15) is 14.3 Å². The number of para-hydroxylation sites is 1. The first-order valence-electron chi connectivity index (χ1n) is 7.47. The Bertz CT molecular complexity index is 934. The van der Waals surface area contributed by atoms with E-state index in [0.717, 1.165) is 5.56 Å². The third-order valence-electron chi connectivity index (χ3n) is 4.34. The summed E-state index contributed by atoms with van der Waals surface area (Å²) in [5.74, 6) is -0.431. The van der Waals surface area contributed by atoms with Crippen LogP contribution in [-0.2, 0) is 0 Å². The van der Waals surface area contributed by atoms with Gasteiger partial charge in [0.05, 0.1) is 6.04 Å². The van der Waals surface area contributed by atoms with E-state index in [1.54, 1.807) is 48.3 Å². The molecule has 6 heteroatoms. The van der Waals surface area contributed by atoms with Gasteiger partial charge in [-0.15, -0.1) is 0 Å². The van der Waals surface area contributed by atoms with Gasteiger partial charge in [0.1, 0.15) is 23.0 Å². The van der Waals surface area contributed by atoms with Crippen molar-refractivity contribution in [2.24, 2.45) is 0 Å². The number of aromatic nitrogens is 2. The molecule has 0 bridgehead atoms. The van der Waals surface area contributed by atoms with Crippen LogP contribution in [0.4, 0.5) is 4.39 Å². The SMILES string of the molecule is CN1C(=O)c2[nH]nc(-c3ccccc3O)c2[C@H]1c1ccc(F)cc1. The zero-order valence-corrected chi connectivity index (χ0v) is 12.8. The van der Waals surface area contributed by atoms with E-state index in [1.807, 2.05) is 0 Å². The highest BCUT2D eigenvalue weighted by molar-refractivity contribution is 6.00. The van der Waals surface area contributed by atoms with E-state index in [4.69, 9.17) is 0 Å². The Balaban J connectivity index is 1.92. The quantitative estimate of drug-likeness (QED) is 0.761. The number of amides is 1. The van der Waals surface area contributed by atoms with Gasteiger partial charge in [-0.25, -0.2) is 4.39 Å². The Hall–Kier alpha value is -3.15. The van der Waals surface area contributed by atoms with Crippen LogP contribution < -0.4 is 0 Å². The molecule has 120 valence electrons. The van der Waals surface area contributed by atoms with Gasteiger partial charge in [0, 0.05) is 18.2 Å². The fourth-order valence-electron chi connectivity index (χ4n) is 3.18. The lowest BCUT2D eigenvalue weighted by atomic mass is 9.96. The number of hydrogen-bond acceptors (Lipinski definition) is 3. The Morgan fingerprint density at radius 1 is 1.17 bits per heavy atom. The van der Waals surface area contributed by atoms with Gasteiger partial charge in [-0.2, -0.15) is 5.10 Å². The molecule has 2 aromatic carbocycles. The topological polar surface area (TPSA) is 69.2 Å². The summed E-state index contributed by atoms with van der Waals surface area (Å²) in [6, 6.07) is 12.5. The van der Waals surface area contributed by atoms with Crippen LogP contribution in [-0.4, -0.2) is 33.2 Å². The molecular formula is C18H14FN3O2. The first-order valence-corrected chi connectivity index (χ1v) is 7.47. The third-order valence-corrected chi connectivity index (χ3v) is 4.34. The van der Waals surface area contributed by atoms with Crippen molar-refractivity contribution < 1.29 is 14.3 Å². The second kappa shape index (κ2) is 5.19. The number of benzene rings is 2. The Morgan fingerprint density at radius 3 is 2.58 bits per heavy atom. The fraction of sp³-hybridized carbons (Fsp3) is 0.111. The number of carbonyl (C=O) groups excluding carboxylic acids is 1. The molecule has 2 N–H and O–H groups in total. The van der Waals surface area contributed by atoms with Crippen LogP contribution in [0.5, 0.6) is 5.75 Å². The molecule has 0 spiro atoms. The van der Waals surface area contributed by atoms with Gasteiger partial charge in [-0.1, -0.05) is 24.3 Å². The van der Waals surface area contributed by atoms with Gasteiger partial charge < -0.3 is 10.0 Å². The number of phenolic OH excluding ortho intramolecular Hbond substituents is 1. The second-order valence-corrected chi connectivity index (χ2v) is 5.75. The second-order valence-electron chi connectivity index (χ2n) is 5.75. The van der Waals surface area contributed by atoms with Gasteiger partial charge in [-0.3, -0.25) is 9.89 Å². The van der Waals surface area contributed by atoms with Crippen molar-refractivity contribution in [2.75, 3.05) is 7.05 Å². The standard InChI is InChI=1S/C18H14FN3O2/c1-22-17(10-6-8-11(19)9-7-10)14-15(20-21-16(14)18(22)24)12-4-2-3-5-13(12)23/h2-9,17,23H,1H3,(H,20,21)/t17-/m1/s1. The van der Waals surface area contributed by atoms with Crippen LogP contribution >= 0.6 is 0 Å². The number of fused-ring (bicyclic) bond motifs is 1. The van der Waals surface area contributed by atoms with Crippen LogP contribution in [0.1, 0.15) is 27.7 Å². The minimum absolute atomic E-state index is 0.0895. The van der Waals surface area contributed by atoms with Crippen molar-refractivity contribution in [2.45, 2.75) is 6.04 Å². The van der Waals surface area contributed by atoms with Crippen molar-refractivity contribution in [1.82, 2.24) is 15.1 Å². The molecule has 0 unspecified atom stereocenters. The van der Waals surface area contributed by atoms with Crippen molar-refractivity contribution >= 4 is 5.91 Å². The predicted octanol–water partition coefficient (Wildman–Crippen LogP) is 3.10. The van der Waals surface area contributed by atoms with E-state index in [0.29, 0.717) is 22.5 Å². The van der Waals surface area contributed by atoms with E-state index in [2.05, 4.69) is 10.2 Å². The van der Waals surface area contributed by atoms with Crippen molar-refractivity contribution in [1.29, 1.82) is 0 Å². The number of aromatic amines is 1. The molecule has 3 aromatic rings. The molecule has 1 aliphatic rings. The summed E-state index contributed by atoms with van der Waals surface area (Å²) in [6.45, 7) is 0. The Kier molecular flexibility index (Phi) is 3.13. The lowest BCUT2D eigenvalue weighted by Gasteiger charge is -2.22. The lowest BCUT2D eigenvalue weighted by Crippen LogP contribution is -2.24. The van der Waals surface area contributed by atoms with Gasteiger partial charge in [-0.05, 0) is 29.8 Å². The monoisotopic (exact) mass is 323 g/mol. The number of rotatable bonds is 2. The van der Waals surface area contributed by atoms with Crippen LogP contribution in [0.25, 0.3) is 11.3 Å². The van der Waals surface area contributed by atoms with Crippen LogP contribution in [0.3, 0.4) is 0 Å². The van der Waals surface area contributed by atoms with Crippen molar-refractivity contribution in [3.63, 3.8) is 0 Å². The minimum Gasteiger partial charge on any atom is -0.507 e. The first kappa shape index (κ1) is 14.4. The number of aromatic hydroxyl groups is 1. The molecule has 1 amide bonds. The molecule has 4 rings (SSSR count). The van der Waals surface area contributed by atoms with Crippen LogP contribution in [0, 0.1) is 5.82 Å². The summed E-state index contributed by atoms with van der Waals surface area (Å²) in [7, 11) is 1.69. The molecule has 1 atom stereocenters. The van der Waals surface area contributed by atoms with Gasteiger partial charge in [0.2, 0.25) is 0 Å². The molecule has 0 fully saturated rings. The number of nitrogens with one attached hydrogen (secondary N) is 1. The smallest absolute Gasteiger partial charge is 0.272 e. The zero-order chi connectivity index (χ0) is 16.8. The molecule has 1 aromatic heterocycles. The summed E-state index contributed by atoms with van der Waals surface area (Å²) in [5, 5.41) is 17.2. The minimum atomic E-state index is -0.388. The van der Waals surface area contributed by atoms with Crippen LogP contribution in [0.2, 0.25) is 0 Å². The van der Waals surface area contributed by atoms with E-state index in [1.165, 1.54) is 12.1 Å². The number of hydrogen-bond donors (Lipinski definition) is 2. The molecule has 0 saturated heterocycles. The average molecular weight is 323 g/mol. The fourth-order valence-corrected chi connectivity index (χ4v) is 3.18. The summed E-state index contributed by atoms with van der Waals surface area (Å²) >= 11 is 0. The van der Waals surface area contributed by atoms with Crippen LogP contribution in [0.15, 0.2) is 48.5 Å². The maximum atomic E-state index is 13.2. The average Bonchev–Trinajstić information content (AvgIpc) is 3.10. The van der Waals surface area contributed by atoms with Gasteiger partial charge >= 0.3 is 0 Å². The zero-order valence-electron chi connectivity index (χ0n) is 12.8. The number of halogens is 1. The molecule has 24 heavy (non-hydrogen) atoms. The largest absolute Gasteiger partial charge is 0.507 e. The molecule has 0 radical (unpaired) electrons. The van der Waals surface area contributed by atoms with Crippen molar-refractivity contribution in [3.8, 4) is 17.0 Å². The Morgan fingerprint density at radius 2 is 1.88 bits per heavy atom. The van der Waals surface area contributed by atoms with Gasteiger partial charge in [0.15, 0.2) is 0 Å². The molecule has 0 saturated carbocycles. The molecule has 1 aliphatic heterocycles. The molecule has 5 nitrogen and oxygen atoms in total. The number of H-pyrrole nitrogens is 1. The highest BCUT2D eigenvalue weighted by Crippen LogP contribution is 2.43. The maximum Gasteiger partial charge on any atom is 0.272 e. The normalized spacial score (nSPS) is 16.5. The number of nitrogens with zero attached hydrogens (tertiary/aromatic N) is 2. The highest BCUT2D eigenvalue weighted by Gasteiger charge is 2.40. The maximum absolute atomic E-state index is 13.2. The molecular weight excluding hydrogens is 309 g/mol. The third kappa shape index (κ3) is 2.00. The highest BCUT2D eigenvalue weighted by atomic mass is 19.1. The summed E-state index contributed by atoms with van der Waals surface area (Å²) in [6.07, 6.45) is 0. The summed E-state index contributed by atoms with van der Waals surface area (Å²) in [5.41, 5.74) is 2.94. The van der Waals surface area contributed by atoms with Gasteiger partial charge in [0.25, 0.3) is 5.91 Å². The van der Waals surface area contributed by atoms with E-state index < -0.39 is 0 Å². The van der Waals surface area contributed by atoms with E-state index >= 15 is 0 Å². The van der Waals surface area contributed by atoms with E-state index in [-0.39, 0.29) is 23.5 Å². The number of carbonyl (C=O) groups is 1.